The Bertz CT molecular complexity index is 917. The predicted molar refractivity (Wildman–Crippen MR) is 103 cm³/mol. The van der Waals surface area contributed by atoms with Crippen molar-refractivity contribution < 1.29 is 4.57 Å². The average molecular weight is 348 g/mol. The lowest BCUT2D eigenvalue weighted by molar-refractivity contribution is -0.663. The standard InChI is InChI=1S/C22H20ClN2/c1-17-6-8-18(9-7-17)14-24-16-25(22-5-3-2-4-21(22)24)15-19-10-12-20(23)13-11-19/h2-13,16H,14-15H2,1H3/q+1. The Morgan fingerprint density at radius 3 is 2.28 bits per heavy atom. The molecule has 25 heavy (non-hydrogen) atoms. The topological polar surface area (TPSA) is 8.81 Å². The summed E-state index contributed by atoms with van der Waals surface area (Å²) in [6.07, 6.45) is 2.21. The zero-order valence-electron chi connectivity index (χ0n) is 14.2. The lowest BCUT2D eigenvalue weighted by Gasteiger charge is -2.00. The predicted octanol–water partition coefficient (Wildman–Crippen LogP) is 4.99. The van der Waals surface area contributed by atoms with Crippen molar-refractivity contribution in [1.82, 2.24) is 4.57 Å². The quantitative estimate of drug-likeness (QED) is 0.460. The third kappa shape index (κ3) is 3.45. The molecule has 0 atom stereocenters. The number of aryl methyl sites for hydroxylation is 1. The van der Waals surface area contributed by atoms with Crippen LogP contribution in [0.2, 0.25) is 5.02 Å². The van der Waals surface area contributed by atoms with Crippen molar-refractivity contribution in [1.29, 1.82) is 0 Å². The first-order valence-electron chi connectivity index (χ1n) is 8.46. The van der Waals surface area contributed by atoms with Crippen LogP contribution in [0.5, 0.6) is 0 Å². The number of imidazole rings is 1. The Labute approximate surface area is 152 Å². The van der Waals surface area contributed by atoms with E-state index in [-0.39, 0.29) is 0 Å². The molecule has 4 aromatic rings. The van der Waals surface area contributed by atoms with Gasteiger partial charge in [0.05, 0.1) is 0 Å². The van der Waals surface area contributed by atoms with E-state index in [4.69, 9.17) is 11.6 Å². The highest BCUT2D eigenvalue weighted by atomic mass is 35.5. The number of halogens is 1. The minimum atomic E-state index is 0.774. The molecular weight excluding hydrogens is 328 g/mol. The molecule has 1 aromatic heterocycles. The molecule has 0 aliphatic heterocycles. The van der Waals surface area contributed by atoms with Crippen molar-refractivity contribution >= 4 is 22.6 Å². The summed E-state index contributed by atoms with van der Waals surface area (Å²) in [5.41, 5.74) is 6.33. The highest BCUT2D eigenvalue weighted by Gasteiger charge is 2.15. The van der Waals surface area contributed by atoms with Crippen molar-refractivity contribution in [2.75, 3.05) is 0 Å². The molecule has 4 rings (SSSR count). The third-order valence-corrected chi connectivity index (χ3v) is 4.77. The van der Waals surface area contributed by atoms with E-state index >= 15 is 0 Å². The molecular formula is C22H20ClN2+. The molecule has 3 heteroatoms. The number of rotatable bonds is 4. The van der Waals surface area contributed by atoms with E-state index in [1.807, 2.05) is 12.1 Å². The van der Waals surface area contributed by atoms with Crippen LogP contribution < -0.4 is 4.57 Å². The Morgan fingerprint density at radius 2 is 1.52 bits per heavy atom. The highest BCUT2D eigenvalue weighted by molar-refractivity contribution is 6.30. The van der Waals surface area contributed by atoms with E-state index in [1.54, 1.807) is 0 Å². The Balaban J connectivity index is 1.70. The summed E-state index contributed by atoms with van der Waals surface area (Å²) in [5.74, 6) is 0. The van der Waals surface area contributed by atoms with Gasteiger partial charge in [0.1, 0.15) is 13.1 Å². The van der Waals surface area contributed by atoms with Crippen LogP contribution in [-0.2, 0) is 13.1 Å². The van der Waals surface area contributed by atoms with Crippen LogP contribution in [0.3, 0.4) is 0 Å². The first-order chi connectivity index (χ1) is 12.2. The molecule has 0 spiro atoms. The highest BCUT2D eigenvalue weighted by Crippen LogP contribution is 2.15. The van der Waals surface area contributed by atoms with Gasteiger partial charge in [-0.1, -0.05) is 65.7 Å². The molecule has 0 aliphatic rings. The van der Waals surface area contributed by atoms with E-state index < -0.39 is 0 Å². The van der Waals surface area contributed by atoms with Crippen molar-refractivity contribution in [2.45, 2.75) is 20.0 Å². The monoisotopic (exact) mass is 347 g/mol. The maximum atomic E-state index is 6.00. The molecule has 0 amide bonds. The van der Waals surface area contributed by atoms with Gasteiger partial charge in [0, 0.05) is 5.02 Å². The number of hydrogen-bond donors (Lipinski definition) is 0. The lowest BCUT2D eigenvalue weighted by atomic mass is 10.1. The summed E-state index contributed by atoms with van der Waals surface area (Å²) >= 11 is 6.00. The van der Waals surface area contributed by atoms with Crippen molar-refractivity contribution in [3.8, 4) is 0 Å². The molecule has 1 heterocycles. The second-order valence-electron chi connectivity index (χ2n) is 6.47. The van der Waals surface area contributed by atoms with Gasteiger partial charge in [-0.2, -0.15) is 0 Å². The van der Waals surface area contributed by atoms with Crippen molar-refractivity contribution in [3.63, 3.8) is 0 Å². The van der Waals surface area contributed by atoms with Crippen LogP contribution in [0.15, 0.2) is 79.1 Å². The molecule has 0 unspecified atom stereocenters. The van der Waals surface area contributed by atoms with Gasteiger partial charge in [-0.05, 0) is 42.3 Å². The van der Waals surface area contributed by atoms with E-state index in [9.17, 15) is 0 Å². The number of para-hydroxylation sites is 2. The van der Waals surface area contributed by atoms with Gasteiger partial charge in [-0.15, -0.1) is 0 Å². The number of hydrogen-bond acceptors (Lipinski definition) is 0. The van der Waals surface area contributed by atoms with Gasteiger partial charge in [0.25, 0.3) is 0 Å². The molecule has 0 aliphatic carbocycles. The summed E-state index contributed by atoms with van der Waals surface area (Å²) in [5, 5.41) is 0.774. The molecule has 0 radical (unpaired) electrons. The first kappa shape index (κ1) is 15.9. The molecule has 0 fully saturated rings. The SMILES string of the molecule is Cc1ccc(Cn2c[n+](Cc3ccc(Cl)cc3)c3ccccc32)cc1. The zero-order chi connectivity index (χ0) is 17.2. The van der Waals surface area contributed by atoms with Gasteiger partial charge < -0.3 is 0 Å². The normalized spacial score (nSPS) is 11.1. The fourth-order valence-electron chi connectivity index (χ4n) is 3.17. The average Bonchev–Trinajstić information content (AvgIpc) is 2.97. The van der Waals surface area contributed by atoms with Gasteiger partial charge in [0.2, 0.25) is 6.33 Å². The zero-order valence-corrected chi connectivity index (χ0v) is 14.9. The maximum Gasteiger partial charge on any atom is 0.245 e. The first-order valence-corrected chi connectivity index (χ1v) is 8.84. The van der Waals surface area contributed by atoms with Crippen LogP contribution in [0.25, 0.3) is 11.0 Å². The largest absolute Gasteiger partial charge is 0.245 e. The lowest BCUT2D eigenvalue weighted by Crippen LogP contribution is -2.32. The Hall–Kier alpha value is -2.58. The summed E-state index contributed by atoms with van der Waals surface area (Å²) in [7, 11) is 0. The molecule has 124 valence electrons. The Morgan fingerprint density at radius 1 is 0.840 bits per heavy atom. The third-order valence-electron chi connectivity index (χ3n) is 4.52. The van der Waals surface area contributed by atoms with Crippen LogP contribution in [-0.4, -0.2) is 4.57 Å². The van der Waals surface area contributed by atoms with Crippen LogP contribution in [0.1, 0.15) is 16.7 Å². The molecule has 3 aromatic carbocycles. The summed E-state index contributed by atoms with van der Waals surface area (Å²) in [6.45, 7) is 3.82. The summed E-state index contributed by atoms with van der Waals surface area (Å²) < 4.78 is 4.61. The fraction of sp³-hybridized carbons (Fsp3) is 0.136. The van der Waals surface area contributed by atoms with Crippen LogP contribution >= 0.6 is 11.6 Å². The van der Waals surface area contributed by atoms with E-state index in [1.165, 1.54) is 27.7 Å². The van der Waals surface area contributed by atoms with Crippen LogP contribution in [0.4, 0.5) is 0 Å². The minimum absolute atomic E-state index is 0.774. The molecule has 0 bridgehead atoms. The molecule has 0 saturated carbocycles. The molecule has 2 nitrogen and oxygen atoms in total. The summed E-state index contributed by atoms with van der Waals surface area (Å²) in [6, 6.07) is 25.4. The van der Waals surface area contributed by atoms with Crippen LogP contribution in [0, 0.1) is 6.92 Å². The van der Waals surface area contributed by atoms with Crippen molar-refractivity contribution in [3.05, 3.63) is 101 Å². The van der Waals surface area contributed by atoms with Gasteiger partial charge in [-0.3, -0.25) is 0 Å². The van der Waals surface area contributed by atoms with Gasteiger partial charge in [0.15, 0.2) is 11.0 Å². The van der Waals surface area contributed by atoms with E-state index in [0.717, 1.165) is 18.1 Å². The maximum absolute atomic E-state index is 6.00. The second kappa shape index (κ2) is 6.73. The summed E-state index contributed by atoms with van der Waals surface area (Å²) in [4.78, 5) is 0. The van der Waals surface area contributed by atoms with E-state index in [2.05, 4.69) is 83.0 Å². The van der Waals surface area contributed by atoms with Gasteiger partial charge in [-0.25, -0.2) is 9.13 Å². The Kier molecular flexibility index (Phi) is 4.29. The fourth-order valence-corrected chi connectivity index (χ4v) is 3.30. The number of aromatic nitrogens is 2. The molecule has 0 N–H and O–H groups in total. The van der Waals surface area contributed by atoms with Crippen molar-refractivity contribution in [2.24, 2.45) is 0 Å². The smallest absolute Gasteiger partial charge is 0.226 e. The second-order valence-corrected chi connectivity index (χ2v) is 6.91. The van der Waals surface area contributed by atoms with E-state index in [0.29, 0.717) is 0 Å². The van der Waals surface area contributed by atoms with Gasteiger partial charge >= 0.3 is 0 Å². The molecule has 0 saturated heterocycles. The number of benzene rings is 3. The number of fused-ring (bicyclic) bond motifs is 1. The number of nitrogens with zero attached hydrogens (tertiary/aromatic N) is 2. The minimum Gasteiger partial charge on any atom is -0.226 e.